The number of hydrogen-bond donors (Lipinski definition) is 2. The van der Waals surface area contributed by atoms with Gasteiger partial charge in [-0.05, 0) is 57.0 Å². The molecule has 2 rings (SSSR count). The largest absolute Gasteiger partial charge is 0.383 e. The summed E-state index contributed by atoms with van der Waals surface area (Å²) in [6.45, 7) is 2.92. The van der Waals surface area contributed by atoms with E-state index in [4.69, 9.17) is 4.74 Å². The van der Waals surface area contributed by atoms with E-state index in [9.17, 15) is 13.2 Å². The first-order valence-electron chi connectivity index (χ1n) is 9.00. The molecule has 1 aliphatic rings. The Morgan fingerprint density at radius 2 is 1.96 bits per heavy atom. The van der Waals surface area contributed by atoms with Crippen molar-refractivity contribution in [2.45, 2.75) is 24.2 Å². The molecule has 27 heavy (non-hydrogen) atoms. The maximum Gasteiger partial charge on any atom is 0.253 e. The molecular formula is C18H30ClN3O4S. The van der Waals surface area contributed by atoms with Gasteiger partial charge in [-0.3, -0.25) is 4.79 Å². The normalized spacial score (nSPS) is 15.4. The average Bonchev–Trinajstić information content (AvgIpc) is 2.66. The first-order chi connectivity index (χ1) is 12.5. The van der Waals surface area contributed by atoms with Crippen molar-refractivity contribution >= 4 is 28.3 Å². The molecule has 0 aliphatic carbocycles. The molecule has 1 heterocycles. The predicted molar refractivity (Wildman–Crippen MR) is 108 cm³/mol. The zero-order valence-corrected chi connectivity index (χ0v) is 17.6. The molecule has 9 heteroatoms. The van der Waals surface area contributed by atoms with Crippen LogP contribution in [0.25, 0.3) is 0 Å². The molecule has 0 saturated carbocycles. The van der Waals surface area contributed by atoms with E-state index >= 15 is 0 Å². The first-order valence-corrected chi connectivity index (χ1v) is 10.5. The van der Waals surface area contributed by atoms with E-state index in [1.807, 2.05) is 11.9 Å². The highest BCUT2D eigenvalue weighted by molar-refractivity contribution is 7.89. The summed E-state index contributed by atoms with van der Waals surface area (Å²) in [5, 5.41) is 3.16. The Labute approximate surface area is 168 Å². The lowest BCUT2D eigenvalue weighted by Crippen LogP contribution is -2.39. The van der Waals surface area contributed by atoms with Crippen molar-refractivity contribution in [1.29, 1.82) is 0 Å². The van der Waals surface area contributed by atoms with Gasteiger partial charge >= 0.3 is 0 Å². The van der Waals surface area contributed by atoms with Crippen LogP contribution in [0.3, 0.4) is 0 Å². The van der Waals surface area contributed by atoms with Crippen molar-refractivity contribution < 1.29 is 17.9 Å². The minimum absolute atomic E-state index is 0. The molecule has 7 nitrogen and oxygen atoms in total. The standard InChI is InChI=1S/C18H29N3O4S.ClH/c1-19-9-6-15-7-11-21(12-8-15)18(22)16-4-3-5-17(14-16)26(23,24)20-10-13-25-2;/h3-5,14-15,19-20H,6-13H2,1-2H3;1H. The van der Waals surface area contributed by atoms with E-state index in [1.54, 1.807) is 12.1 Å². The lowest BCUT2D eigenvalue weighted by atomic mass is 9.93. The van der Waals surface area contributed by atoms with Gasteiger partial charge in [0.25, 0.3) is 5.91 Å². The fourth-order valence-electron chi connectivity index (χ4n) is 3.11. The van der Waals surface area contributed by atoms with Crippen LogP contribution >= 0.6 is 12.4 Å². The van der Waals surface area contributed by atoms with E-state index in [0.29, 0.717) is 18.1 Å². The number of methoxy groups -OCH3 is 1. The molecule has 1 aliphatic heterocycles. The van der Waals surface area contributed by atoms with Gasteiger partial charge in [0.2, 0.25) is 10.0 Å². The van der Waals surface area contributed by atoms with Crippen molar-refractivity contribution in [3.8, 4) is 0 Å². The van der Waals surface area contributed by atoms with Crippen LogP contribution < -0.4 is 10.0 Å². The second-order valence-electron chi connectivity index (χ2n) is 6.55. The lowest BCUT2D eigenvalue weighted by Gasteiger charge is -2.32. The molecule has 1 aromatic rings. The topological polar surface area (TPSA) is 87.7 Å². The van der Waals surface area contributed by atoms with E-state index in [-0.39, 0.29) is 29.8 Å². The van der Waals surface area contributed by atoms with Crippen molar-refractivity contribution in [2.24, 2.45) is 5.92 Å². The second-order valence-corrected chi connectivity index (χ2v) is 8.31. The predicted octanol–water partition coefficient (Wildman–Crippen LogP) is 1.49. The van der Waals surface area contributed by atoms with Gasteiger partial charge in [0.05, 0.1) is 11.5 Å². The summed E-state index contributed by atoms with van der Waals surface area (Å²) in [5.74, 6) is 0.536. The van der Waals surface area contributed by atoms with Gasteiger partial charge in [0, 0.05) is 32.3 Å². The van der Waals surface area contributed by atoms with Crippen LogP contribution in [0.4, 0.5) is 0 Å². The number of hydrogen-bond acceptors (Lipinski definition) is 5. The number of rotatable bonds is 9. The quantitative estimate of drug-likeness (QED) is 0.592. The Balaban J connectivity index is 0.00000364. The Bertz CT molecular complexity index is 692. The summed E-state index contributed by atoms with van der Waals surface area (Å²) in [7, 11) is -0.188. The summed E-state index contributed by atoms with van der Waals surface area (Å²) >= 11 is 0. The van der Waals surface area contributed by atoms with E-state index in [0.717, 1.165) is 38.9 Å². The molecule has 1 aromatic carbocycles. The first kappa shape index (κ1) is 23.8. The SMILES string of the molecule is CNCCC1CCN(C(=O)c2cccc(S(=O)(=O)NCCOC)c2)CC1.Cl. The lowest BCUT2D eigenvalue weighted by molar-refractivity contribution is 0.0687. The molecule has 0 spiro atoms. The van der Waals surface area contributed by atoms with Gasteiger partial charge in [-0.25, -0.2) is 13.1 Å². The van der Waals surface area contributed by atoms with E-state index in [2.05, 4.69) is 10.0 Å². The molecule has 2 N–H and O–H groups in total. The smallest absolute Gasteiger partial charge is 0.253 e. The van der Waals surface area contributed by atoms with Gasteiger partial charge < -0.3 is 15.0 Å². The number of carbonyl (C=O) groups excluding carboxylic acids is 1. The molecule has 1 amide bonds. The van der Waals surface area contributed by atoms with Crippen LogP contribution in [-0.2, 0) is 14.8 Å². The highest BCUT2D eigenvalue weighted by Gasteiger charge is 2.24. The highest BCUT2D eigenvalue weighted by atomic mass is 35.5. The molecule has 0 unspecified atom stereocenters. The summed E-state index contributed by atoms with van der Waals surface area (Å²) in [4.78, 5) is 14.7. The number of amides is 1. The number of likely N-dealkylation sites (tertiary alicyclic amines) is 1. The number of carbonyl (C=O) groups is 1. The molecule has 0 radical (unpaired) electrons. The Kier molecular flexibility index (Phi) is 10.3. The molecule has 1 saturated heterocycles. The third-order valence-electron chi connectivity index (χ3n) is 4.69. The summed E-state index contributed by atoms with van der Waals surface area (Å²) in [5.41, 5.74) is 0.410. The summed E-state index contributed by atoms with van der Waals surface area (Å²) < 4.78 is 31.9. The molecule has 1 fully saturated rings. The van der Waals surface area contributed by atoms with Gasteiger partial charge in [0.15, 0.2) is 0 Å². The number of benzene rings is 1. The number of nitrogens with zero attached hydrogens (tertiary/aromatic N) is 1. The monoisotopic (exact) mass is 419 g/mol. The Morgan fingerprint density at radius 1 is 1.26 bits per heavy atom. The third-order valence-corrected chi connectivity index (χ3v) is 6.15. The van der Waals surface area contributed by atoms with Crippen molar-refractivity contribution in [2.75, 3.05) is 46.9 Å². The van der Waals surface area contributed by atoms with E-state index < -0.39 is 10.0 Å². The Hall–Kier alpha value is -1.19. The van der Waals surface area contributed by atoms with Crippen LogP contribution in [0.1, 0.15) is 29.6 Å². The van der Waals surface area contributed by atoms with Gasteiger partial charge in [-0.2, -0.15) is 0 Å². The van der Waals surface area contributed by atoms with Crippen LogP contribution in [-0.4, -0.2) is 66.2 Å². The highest BCUT2D eigenvalue weighted by Crippen LogP contribution is 2.22. The van der Waals surface area contributed by atoms with Gasteiger partial charge in [0.1, 0.15) is 0 Å². The van der Waals surface area contributed by atoms with Gasteiger partial charge in [-0.1, -0.05) is 6.07 Å². The molecule has 0 atom stereocenters. The fourth-order valence-corrected chi connectivity index (χ4v) is 4.17. The molecule has 0 aromatic heterocycles. The number of ether oxygens (including phenoxy) is 1. The number of nitrogens with one attached hydrogen (secondary N) is 2. The third kappa shape index (κ3) is 7.04. The number of halogens is 1. The zero-order valence-electron chi connectivity index (χ0n) is 15.9. The Morgan fingerprint density at radius 3 is 2.59 bits per heavy atom. The minimum atomic E-state index is -3.65. The molecular weight excluding hydrogens is 390 g/mol. The maximum absolute atomic E-state index is 12.7. The van der Waals surface area contributed by atoms with Crippen molar-refractivity contribution in [1.82, 2.24) is 14.9 Å². The zero-order chi connectivity index (χ0) is 19.0. The molecule has 154 valence electrons. The maximum atomic E-state index is 12.7. The van der Waals surface area contributed by atoms with Crippen molar-refractivity contribution in [3.63, 3.8) is 0 Å². The van der Waals surface area contributed by atoms with E-state index in [1.165, 1.54) is 19.2 Å². The van der Waals surface area contributed by atoms with Crippen molar-refractivity contribution in [3.05, 3.63) is 29.8 Å². The minimum Gasteiger partial charge on any atom is -0.383 e. The van der Waals surface area contributed by atoms with Gasteiger partial charge in [-0.15, -0.1) is 12.4 Å². The summed E-state index contributed by atoms with van der Waals surface area (Å²) in [6.07, 6.45) is 3.10. The van der Waals surface area contributed by atoms with Crippen LogP contribution in [0, 0.1) is 5.92 Å². The molecule has 0 bridgehead atoms. The summed E-state index contributed by atoms with van der Waals surface area (Å²) in [6, 6.07) is 6.22. The van der Waals surface area contributed by atoms with Crippen LogP contribution in [0.15, 0.2) is 29.2 Å². The fraction of sp³-hybridized carbons (Fsp3) is 0.611. The van der Waals surface area contributed by atoms with Crippen LogP contribution in [0.2, 0.25) is 0 Å². The van der Waals surface area contributed by atoms with Crippen LogP contribution in [0.5, 0.6) is 0 Å². The number of sulfonamides is 1. The average molecular weight is 420 g/mol. The number of piperidine rings is 1. The second kappa shape index (κ2) is 11.6.